The summed E-state index contributed by atoms with van der Waals surface area (Å²) in [6.07, 6.45) is 4.68. The van der Waals surface area contributed by atoms with Crippen LogP contribution in [0.2, 0.25) is 0 Å². The van der Waals surface area contributed by atoms with Crippen LogP contribution in [-0.4, -0.2) is 32.7 Å². The summed E-state index contributed by atoms with van der Waals surface area (Å²) in [5.74, 6) is 0.980. The Kier molecular flexibility index (Phi) is 5.52. The van der Waals surface area contributed by atoms with Crippen molar-refractivity contribution >= 4 is 5.84 Å². The number of ether oxygens (including phenoxy) is 1. The summed E-state index contributed by atoms with van der Waals surface area (Å²) in [4.78, 5) is 9.52. The van der Waals surface area contributed by atoms with Crippen molar-refractivity contribution < 1.29 is 9.57 Å². The van der Waals surface area contributed by atoms with Gasteiger partial charge in [-0.15, -0.1) is 0 Å². The van der Waals surface area contributed by atoms with Gasteiger partial charge in [-0.05, 0) is 12.8 Å². The number of methoxy groups -OCH3 is 1. The van der Waals surface area contributed by atoms with E-state index >= 15 is 0 Å². The van der Waals surface area contributed by atoms with E-state index in [0.29, 0.717) is 13.2 Å². The second-order valence-corrected chi connectivity index (χ2v) is 3.08. The number of hydrogen-bond donors (Lipinski definition) is 1. The fourth-order valence-electron chi connectivity index (χ4n) is 1.22. The maximum Gasteiger partial charge on any atom is 0.120 e. The minimum absolute atomic E-state index is 0.565. The predicted molar refractivity (Wildman–Crippen MR) is 51.7 cm³/mol. The highest BCUT2D eigenvalue weighted by molar-refractivity contribution is 5.81. The molecule has 0 atom stereocenters. The van der Waals surface area contributed by atoms with Crippen LogP contribution in [0.25, 0.3) is 0 Å². The molecule has 13 heavy (non-hydrogen) atoms. The molecule has 0 spiro atoms. The van der Waals surface area contributed by atoms with E-state index < -0.39 is 0 Å². The van der Waals surface area contributed by atoms with Gasteiger partial charge in [0.1, 0.15) is 5.84 Å². The molecule has 4 nitrogen and oxygen atoms in total. The van der Waals surface area contributed by atoms with Crippen molar-refractivity contribution in [1.82, 2.24) is 5.48 Å². The fourth-order valence-corrected chi connectivity index (χ4v) is 1.22. The summed E-state index contributed by atoms with van der Waals surface area (Å²) in [6, 6.07) is 0. The molecule has 1 N–H and O–H groups in total. The second kappa shape index (κ2) is 6.86. The molecule has 1 heterocycles. The molecule has 0 aromatic heterocycles. The lowest BCUT2D eigenvalue weighted by molar-refractivity contribution is 0.0370. The zero-order chi connectivity index (χ0) is 9.36. The molecule has 0 aromatic carbocycles. The Balaban J connectivity index is 2.08. The van der Waals surface area contributed by atoms with E-state index in [-0.39, 0.29) is 0 Å². The molecule has 0 aromatic rings. The lowest BCUT2D eigenvalue weighted by Crippen LogP contribution is -2.25. The number of hydroxylamine groups is 1. The molecular weight excluding hydrogens is 168 g/mol. The molecule has 1 aliphatic rings. The highest BCUT2D eigenvalue weighted by Gasteiger charge is 2.02. The van der Waals surface area contributed by atoms with Gasteiger partial charge in [0.05, 0.1) is 13.2 Å². The van der Waals surface area contributed by atoms with E-state index in [1.54, 1.807) is 7.11 Å². The molecule has 0 radical (unpaired) electrons. The number of nitrogens with one attached hydrogen (secondary N) is 1. The lowest BCUT2D eigenvalue weighted by atomic mass is 10.2. The molecule has 0 unspecified atom stereocenters. The Bertz CT molecular complexity index is 160. The number of nitrogens with zero attached hydrogens (tertiary/aromatic N) is 1. The van der Waals surface area contributed by atoms with Crippen molar-refractivity contribution in [2.24, 2.45) is 4.99 Å². The van der Waals surface area contributed by atoms with E-state index in [9.17, 15) is 0 Å². The molecular formula is C9H18N2O2. The summed E-state index contributed by atoms with van der Waals surface area (Å²) in [6.45, 7) is 2.10. The van der Waals surface area contributed by atoms with Crippen LogP contribution in [0.15, 0.2) is 4.99 Å². The van der Waals surface area contributed by atoms with E-state index in [1.807, 2.05) is 0 Å². The molecule has 4 heteroatoms. The molecule has 0 aliphatic carbocycles. The largest absolute Gasteiger partial charge is 0.382 e. The Hall–Kier alpha value is -0.610. The van der Waals surface area contributed by atoms with Crippen molar-refractivity contribution in [1.29, 1.82) is 0 Å². The van der Waals surface area contributed by atoms with Gasteiger partial charge in [0.15, 0.2) is 0 Å². The lowest BCUT2D eigenvalue weighted by Gasteiger charge is -2.07. The normalized spacial score (nSPS) is 17.8. The fraction of sp³-hybridized carbons (Fsp3) is 0.889. The second-order valence-electron chi connectivity index (χ2n) is 3.08. The summed E-state index contributed by atoms with van der Waals surface area (Å²) in [5, 5.41) is 0. The molecule has 0 amide bonds. The molecule has 1 aliphatic heterocycles. The van der Waals surface area contributed by atoms with Crippen LogP contribution in [0, 0.1) is 0 Å². The Labute approximate surface area is 79.3 Å². The zero-order valence-corrected chi connectivity index (χ0v) is 8.21. The van der Waals surface area contributed by atoms with E-state index in [2.05, 4.69) is 10.5 Å². The molecule has 0 saturated carbocycles. The van der Waals surface area contributed by atoms with Gasteiger partial charge in [-0.1, -0.05) is 6.42 Å². The quantitative estimate of drug-likeness (QED) is 0.528. The smallest absolute Gasteiger partial charge is 0.120 e. The van der Waals surface area contributed by atoms with Gasteiger partial charge >= 0.3 is 0 Å². The van der Waals surface area contributed by atoms with Crippen molar-refractivity contribution in [3.8, 4) is 0 Å². The highest BCUT2D eigenvalue weighted by Crippen LogP contribution is 2.05. The maximum absolute atomic E-state index is 5.16. The standard InChI is InChI=1S/C9H18N2O2/c1-12-7-8-13-11-9-5-3-2-4-6-10-9/h2-8H2,1H3,(H,10,11). The third kappa shape index (κ3) is 4.85. The molecule has 0 saturated heterocycles. The minimum Gasteiger partial charge on any atom is -0.382 e. The molecule has 0 fully saturated rings. The topological polar surface area (TPSA) is 42.9 Å². The van der Waals surface area contributed by atoms with Crippen molar-refractivity contribution in [2.75, 3.05) is 26.9 Å². The molecule has 76 valence electrons. The summed E-state index contributed by atoms with van der Waals surface area (Å²) in [5.41, 5.74) is 2.87. The molecule has 1 rings (SSSR count). The van der Waals surface area contributed by atoms with Crippen molar-refractivity contribution in [3.05, 3.63) is 0 Å². The number of rotatable bonds is 4. The Morgan fingerprint density at radius 2 is 2.23 bits per heavy atom. The van der Waals surface area contributed by atoms with E-state index in [1.165, 1.54) is 19.3 Å². The van der Waals surface area contributed by atoms with E-state index in [4.69, 9.17) is 9.57 Å². The van der Waals surface area contributed by atoms with Gasteiger partial charge in [-0.3, -0.25) is 15.3 Å². The third-order valence-electron chi connectivity index (χ3n) is 1.95. The van der Waals surface area contributed by atoms with Gasteiger partial charge in [-0.25, -0.2) is 0 Å². The minimum atomic E-state index is 0.565. The van der Waals surface area contributed by atoms with Crippen LogP contribution in [0.3, 0.4) is 0 Å². The van der Waals surface area contributed by atoms with Gasteiger partial charge in [-0.2, -0.15) is 0 Å². The number of aliphatic imine (C=N–C) groups is 1. The van der Waals surface area contributed by atoms with Crippen LogP contribution < -0.4 is 5.48 Å². The van der Waals surface area contributed by atoms with Gasteiger partial charge in [0, 0.05) is 20.1 Å². The van der Waals surface area contributed by atoms with Crippen LogP contribution in [0.5, 0.6) is 0 Å². The van der Waals surface area contributed by atoms with Crippen LogP contribution >= 0.6 is 0 Å². The number of hydrogen-bond acceptors (Lipinski definition) is 4. The van der Waals surface area contributed by atoms with Crippen LogP contribution in [0.4, 0.5) is 0 Å². The monoisotopic (exact) mass is 186 g/mol. The first kappa shape index (κ1) is 10.5. The summed E-state index contributed by atoms with van der Waals surface area (Å²) in [7, 11) is 1.66. The van der Waals surface area contributed by atoms with Crippen molar-refractivity contribution in [3.63, 3.8) is 0 Å². The Morgan fingerprint density at radius 1 is 1.31 bits per heavy atom. The van der Waals surface area contributed by atoms with Gasteiger partial charge < -0.3 is 4.74 Å². The SMILES string of the molecule is COCCONC1=NCCCCC1. The first-order chi connectivity index (χ1) is 6.43. The first-order valence-corrected chi connectivity index (χ1v) is 4.83. The zero-order valence-electron chi connectivity index (χ0n) is 8.21. The highest BCUT2D eigenvalue weighted by atomic mass is 16.7. The van der Waals surface area contributed by atoms with Gasteiger partial charge in [0.25, 0.3) is 0 Å². The molecule has 0 bridgehead atoms. The average Bonchev–Trinajstić information content (AvgIpc) is 2.41. The predicted octanol–water partition coefficient (Wildman–Crippen LogP) is 1.13. The van der Waals surface area contributed by atoms with Gasteiger partial charge in [0.2, 0.25) is 0 Å². The third-order valence-corrected chi connectivity index (χ3v) is 1.95. The van der Waals surface area contributed by atoms with Crippen molar-refractivity contribution in [2.45, 2.75) is 25.7 Å². The van der Waals surface area contributed by atoms with Crippen LogP contribution in [0.1, 0.15) is 25.7 Å². The first-order valence-electron chi connectivity index (χ1n) is 4.83. The van der Waals surface area contributed by atoms with E-state index in [0.717, 1.165) is 18.8 Å². The average molecular weight is 186 g/mol. The summed E-state index contributed by atoms with van der Waals surface area (Å²) >= 11 is 0. The maximum atomic E-state index is 5.16. The Morgan fingerprint density at radius 3 is 3.08 bits per heavy atom. The summed E-state index contributed by atoms with van der Waals surface area (Å²) < 4.78 is 4.85. The van der Waals surface area contributed by atoms with Crippen LogP contribution in [-0.2, 0) is 9.57 Å². The number of amidine groups is 1.